The molecule has 0 aromatic heterocycles. The summed E-state index contributed by atoms with van der Waals surface area (Å²) in [6.07, 6.45) is 0.878. The predicted octanol–water partition coefficient (Wildman–Crippen LogP) is 6.55. The number of Topliss-reactive ketones (excluding diaryl/α,β-unsaturated/α-hetero) is 1. The zero-order valence-electron chi connectivity index (χ0n) is 18.7. The lowest BCUT2D eigenvalue weighted by Crippen LogP contribution is -2.29. The number of hydrogen-bond acceptors (Lipinski definition) is 6. The summed E-state index contributed by atoms with van der Waals surface area (Å²) < 4.78 is 11.4. The van der Waals surface area contributed by atoms with E-state index in [1.165, 1.54) is 53.4 Å². The predicted molar refractivity (Wildman–Crippen MR) is 134 cm³/mol. The zero-order valence-corrected chi connectivity index (χ0v) is 18.7. The molecule has 1 aliphatic heterocycles. The number of ether oxygens (including phenoxy) is 2. The Kier molecular flexibility index (Phi) is 5.98. The van der Waals surface area contributed by atoms with Gasteiger partial charge in [0.2, 0.25) is 5.78 Å². The summed E-state index contributed by atoms with van der Waals surface area (Å²) in [6.45, 7) is 0. The van der Waals surface area contributed by atoms with Gasteiger partial charge in [0.05, 0.1) is 21.9 Å². The SMILES string of the molecule is O=C1C(=Cc2ccc([N+](=O)[O-])cc2)Oc2cc(OC(=O)N(c3ccccc3)c3ccccc3)ccc21. The fourth-order valence-corrected chi connectivity index (χ4v) is 3.73. The highest BCUT2D eigenvalue weighted by Gasteiger charge is 2.29. The molecule has 1 amide bonds. The molecule has 0 unspecified atom stereocenters. The van der Waals surface area contributed by atoms with E-state index in [9.17, 15) is 19.7 Å². The van der Waals surface area contributed by atoms with Gasteiger partial charge in [0.15, 0.2) is 5.76 Å². The highest BCUT2D eigenvalue weighted by atomic mass is 16.6. The van der Waals surface area contributed by atoms with Crippen LogP contribution in [0.2, 0.25) is 0 Å². The summed E-state index contributed by atoms with van der Waals surface area (Å²) in [5.74, 6) is 0.193. The molecule has 5 rings (SSSR count). The number of nitro groups is 1. The minimum absolute atomic E-state index is 0.0504. The van der Waals surface area contributed by atoms with Crippen molar-refractivity contribution in [2.24, 2.45) is 0 Å². The Morgan fingerprint density at radius 3 is 2.06 bits per heavy atom. The first-order chi connectivity index (χ1) is 17.5. The highest BCUT2D eigenvalue weighted by Crippen LogP contribution is 2.36. The molecular weight excluding hydrogens is 460 g/mol. The van der Waals surface area contributed by atoms with Crippen LogP contribution in [-0.2, 0) is 0 Å². The van der Waals surface area contributed by atoms with E-state index in [0.717, 1.165) is 0 Å². The summed E-state index contributed by atoms with van der Waals surface area (Å²) in [4.78, 5) is 37.8. The number of anilines is 2. The van der Waals surface area contributed by atoms with E-state index in [1.54, 1.807) is 24.3 Å². The number of nitro benzene ring substituents is 1. The molecule has 0 bridgehead atoms. The van der Waals surface area contributed by atoms with E-state index in [0.29, 0.717) is 22.5 Å². The highest BCUT2D eigenvalue weighted by molar-refractivity contribution is 6.14. The van der Waals surface area contributed by atoms with Crippen molar-refractivity contribution in [2.45, 2.75) is 0 Å². The molecule has 176 valence electrons. The van der Waals surface area contributed by atoms with E-state index < -0.39 is 11.0 Å². The Bertz CT molecular complexity index is 1440. The van der Waals surface area contributed by atoms with Gasteiger partial charge in [0.1, 0.15) is 11.5 Å². The van der Waals surface area contributed by atoms with Crippen molar-refractivity contribution in [3.8, 4) is 11.5 Å². The molecular formula is C28H18N2O6. The van der Waals surface area contributed by atoms with Crippen molar-refractivity contribution in [1.29, 1.82) is 0 Å². The number of fused-ring (bicyclic) bond motifs is 1. The first kappa shape index (κ1) is 22.5. The quantitative estimate of drug-likeness (QED) is 0.183. The Balaban J connectivity index is 1.38. The topological polar surface area (TPSA) is 99.0 Å². The molecule has 1 heterocycles. The molecule has 36 heavy (non-hydrogen) atoms. The molecule has 8 nitrogen and oxygen atoms in total. The van der Waals surface area contributed by atoms with Crippen LogP contribution in [0.1, 0.15) is 15.9 Å². The van der Waals surface area contributed by atoms with E-state index >= 15 is 0 Å². The number of para-hydroxylation sites is 2. The smallest absolute Gasteiger partial charge is 0.424 e. The molecule has 0 fully saturated rings. The molecule has 4 aromatic carbocycles. The lowest BCUT2D eigenvalue weighted by Gasteiger charge is -2.22. The minimum atomic E-state index is -0.627. The third kappa shape index (κ3) is 4.55. The van der Waals surface area contributed by atoms with E-state index in [2.05, 4.69) is 0 Å². The average molecular weight is 478 g/mol. The number of carbonyl (C=O) groups is 2. The first-order valence-corrected chi connectivity index (χ1v) is 10.9. The van der Waals surface area contributed by atoms with Crippen LogP contribution in [0.3, 0.4) is 0 Å². The van der Waals surface area contributed by atoms with Gasteiger partial charge in [-0.2, -0.15) is 0 Å². The van der Waals surface area contributed by atoms with Gasteiger partial charge in [0.25, 0.3) is 5.69 Å². The molecule has 8 heteroatoms. The number of rotatable bonds is 5. The summed E-state index contributed by atoms with van der Waals surface area (Å²) in [6, 6.07) is 28.5. The number of non-ortho nitro benzene ring substituents is 1. The number of ketones is 1. The molecule has 1 aliphatic rings. The largest absolute Gasteiger partial charge is 0.452 e. The van der Waals surface area contributed by atoms with Crippen molar-refractivity contribution in [3.05, 3.63) is 130 Å². The Morgan fingerprint density at radius 2 is 1.47 bits per heavy atom. The fourth-order valence-electron chi connectivity index (χ4n) is 3.73. The molecule has 0 N–H and O–H groups in total. The van der Waals surface area contributed by atoms with Gasteiger partial charge in [-0.05, 0) is 60.2 Å². The molecule has 0 radical (unpaired) electrons. The molecule has 0 saturated carbocycles. The number of benzene rings is 4. The molecule has 0 atom stereocenters. The van der Waals surface area contributed by atoms with Crippen LogP contribution in [0.15, 0.2) is 109 Å². The maximum atomic E-state index is 13.2. The molecule has 0 saturated heterocycles. The van der Waals surface area contributed by atoms with Crippen molar-refractivity contribution in [1.82, 2.24) is 0 Å². The summed E-state index contributed by atoms with van der Waals surface area (Å²) in [7, 11) is 0. The van der Waals surface area contributed by atoms with Crippen LogP contribution in [0.5, 0.6) is 11.5 Å². The van der Waals surface area contributed by atoms with Crippen LogP contribution < -0.4 is 14.4 Å². The Labute approximate surface area is 205 Å². The van der Waals surface area contributed by atoms with Crippen molar-refractivity contribution in [2.75, 3.05) is 4.90 Å². The van der Waals surface area contributed by atoms with Crippen LogP contribution >= 0.6 is 0 Å². The van der Waals surface area contributed by atoms with Gasteiger partial charge in [-0.3, -0.25) is 14.9 Å². The fraction of sp³-hybridized carbons (Fsp3) is 0. The second-order valence-electron chi connectivity index (χ2n) is 7.82. The van der Waals surface area contributed by atoms with E-state index in [1.807, 2.05) is 36.4 Å². The molecule has 0 spiro atoms. The zero-order chi connectivity index (χ0) is 25.1. The monoisotopic (exact) mass is 478 g/mol. The maximum Gasteiger partial charge on any atom is 0.424 e. The minimum Gasteiger partial charge on any atom is -0.452 e. The number of allylic oxidation sites excluding steroid dienone is 1. The van der Waals surface area contributed by atoms with Crippen LogP contribution in [-0.4, -0.2) is 16.8 Å². The average Bonchev–Trinajstić information content (AvgIpc) is 3.20. The third-order valence-corrected chi connectivity index (χ3v) is 5.46. The standard InChI is InChI=1S/C28H18N2O6/c31-27-24-16-15-23(18-25(24)36-26(27)17-19-11-13-22(14-12-19)30(33)34)35-28(32)29(20-7-3-1-4-8-20)21-9-5-2-6-10-21/h1-18H. The lowest BCUT2D eigenvalue weighted by molar-refractivity contribution is -0.384. The van der Waals surface area contributed by atoms with E-state index in [4.69, 9.17) is 9.47 Å². The lowest BCUT2D eigenvalue weighted by atomic mass is 10.1. The second-order valence-corrected chi connectivity index (χ2v) is 7.82. The Morgan fingerprint density at radius 1 is 0.861 bits per heavy atom. The van der Waals surface area contributed by atoms with Gasteiger partial charge in [-0.25, -0.2) is 9.69 Å². The van der Waals surface area contributed by atoms with E-state index in [-0.39, 0.29) is 28.7 Å². The van der Waals surface area contributed by atoms with Gasteiger partial charge < -0.3 is 9.47 Å². The van der Waals surface area contributed by atoms with Crippen molar-refractivity contribution >= 4 is 35.0 Å². The normalized spacial score (nSPS) is 13.1. The van der Waals surface area contributed by atoms with Gasteiger partial charge in [0, 0.05) is 18.2 Å². The summed E-state index contributed by atoms with van der Waals surface area (Å²) in [5, 5.41) is 10.8. The second kappa shape index (κ2) is 9.55. The van der Waals surface area contributed by atoms with Crippen LogP contribution in [0.4, 0.5) is 21.9 Å². The van der Waals surface area contributed by atoms with Gasteiger partial charge in [-0.15, -0.1) is 0 Å². The van der Waals surface area contributed by atoms with Crippen LogP contribution in [0, 0.1) is 10.1 Å². The van der Waals surface area contributed by atoms with Crippen LogP contribution in [0.25, 0.3) is 6.08 Å². The summed E-state index contributed by atoms with van der Waals surface area (Å²) in [5.41, 5.74) is 2.12. The number of amides is 1. The molecule has 4 aromatic rings. The maximum absolute atomic E-state index is 13.2. The third-order valence-electron chi connectivity index (χ3n) is 5.46. The molecule has 0 aliphatic carbocycles. The van der Waals surface area contributed by atoms with Gasteiger partial charge >= 0.3 is 6.09 Å². The van der Waals surface area contributed by atoms with Crippen molar-refractivity contribution in [3.63, 3.8) is 0 Å². The van der Waals surface area contributed by atoms with Crippen molar-refractivity contribution < 1.29 is 24.0 Å². The first-order valence-electron chi connectivity index (χ1n) is 10.9. The number of hydrogen-bond donors (Lipinski definition) is 0. The van der Waals surface area contributed by atoms with Gasteiger partial charge in [-0.1, -0.05) is 36.4 Å². The number of carbonyl (C=O) groups excluding carboxylic acids is 2. The summed E-state index contributed by atoms with van der Waals surface area (Å²) >= 11 is 0. The number of nitrogens with zero attached hydrogens (tertiary/aromatic N) is 2. The Hall–Kier alpha value is -5.24.